The zero-order chi connectivity index (χ0) is 18.9. The van der Waals surface area contributed by atoms with E-state index < -0.39 is 17.9 Å². The highest BCUT2D eigenvalue weighted by molar-refractivity contribution is 5.85. The molecule has 6 nitrogen and oxygen atoms in total. The van der Waals surface area contributed by atoms with E-state index >= 15 is 0 Å². The highest BCUT2D eigenvalue weighted by Gasteiger charge is 1.91. The quantitative estimate of drug-likeness (QED) is 0.540. The summed E-state index contributed by atoms with van der Waals surface area (Å²) in [5.74, 6) is -2.81. The van der Waals surface area contributed by atoms with Crippen LogP contribution in [0.15, 0.2) is 49.1 Å². The van der Waals surface area contributed by atoms with Gasteiger partial charge in [0.15, 0.2) is 0 Å². The van der Waals surface area contributed by atoms with Gasteiger partial charge < -0.3 is 15.3 Å². The van der Waals surface area contributed by atoms with Crippen molar-refractivity contribution in [3.63, 3.8) is 0 Å². The summed E-state index contributed by atoms with van der Waals surface area (Å²) in [5.41, 5.74) is 0.528. The summed E-state index contributed by atoms with van der Waals surface area (Å²) in [6.45, 7) is 19.3. The SMILES string of the molecule is C=C(C)C(=O)O.C=C(C)C(=O)O.C=C(C)C(=O)O.C=CCC. The van der Waals surface area contributed by atoms with E-state index in [1.165, 1.54) is 20.8 Å². The third kappa shape index (κ3) is 43.3. The lowest BCUT2D eigenvalue weighted by Gasteiger charge is -1.79. The van der Waals surface area contributed by atoms with Crippen LogP contribution in [0.2, 0.25) is 0 Å². The van der Waals surface area contributed by atoms with Gasteiger partial charge in [-0.05, 0) is 27.2 Å². The van der Waals surface area contributed by atoms with Crippen LogP contribution in [-0.2, 0) is 14.4 Å². The first-order valence-electron chi connectivity index (χ1n) is 6.12. The van der Waals surface area contributed by atoms with Crippen LogP contribution in [0.25, 0.3) is 0 Å². The van der Waals surface area contributed by atoms with E-state index in [4.69, 9.17) is 15.3 Å². The van der Waals surface area contributed by atoms with Crippen LogP contribution < -0.4 is 0 Å². The molecule has 0 aliphatic carbocycles. The Kier molecular flexibility index (Phi) is 23.1. The molecule has 6 heteroatoms. The standard InChI is InChI=1S/3C4H6O2.C4H8/c3*1-3(2)4(5)6;1-3-4-2/h3*1H2,2H3,(H,5,6);3H,1,4H2,2H3. The summed E-state index contributed by atoms with van der Waals surface area (Å²) in [6, 6.07) is 0. The Bertz CT molecular complexity index is 325. The first-order valence-corrected chi connectivity index (χ1v) is 6.12. The fraction of sp³-hybridized carbons (Fsp3) is 0.312. The van der Waals surface area contributed by atoms with E-state index in [9.17, 15) is 14.4 Å². The first kappa shape index (κ1) is 27.7. The van der Waals surface area contributed by atoms with E-state index in [-0.39, 0.29) is 16.7 Å². The molecule has 0 atom stereocenters. The van der Waals surface area contributed by atoms with Crippen molar-refractivity contribution in [3.8, 4) is 0 Å². The second kappa shape index (κ2) is 18.4. The number of carboxylic acids is 3. The van der Waals surface area contributed by atoms with Crippen molar-refractivity contribution in [2.75, 3.05) is 0 Å². The minimum absolute atomic E-state index is 0.176. The molecule has 0 bridgehead atoms. The molecule has 0 aromatic heterocycles. The Morgan fingerprint density at radius 2 is 0.864 bits per heavy atom. The van der Waals surface area contributed by atoms with E-state index in [2.05, 4.69) is 33.2 Å². The zero-order valence-corrected chi connectivity index (χ0v) is 13.7. The molecule has 0 saturated carbocycles. The molecule has 3 N–H and O–H groups in total. The van der Waals surface area contributed by atoms with Crippen molar-refractivity contribution >= 4 is 17.9 Å². The maximum absolute atomic E-state index is 9.60. The summed E-state index contributed by atoms with van der Waals surface area (Å²) >= 11 is 0. The number of carboxylic acid groups (broad SMARTS) is 3. The first-order chi connectivity index (χ1) is 9.84. The maximum atomic E-state index is 9.60. The molecule has 0 aliphatic rings. The van der Waals surface area contributed by atoms with Crippen molar-refractivity contribution in [2.45, 2.75) is 34.1 Å². The molecule has 0 radical (unpaired) electrons. The largest absolute Gasteiger partial charge is 0.478 e. The summed E-state index contributed by atoms with van der Waals surface area (Å²) in [7, 11) is 0. The van der Waals surface area contributed by atoms with Gasteiger partial charge in [-0.25, -0.2) is 14.4 Å². The summed E-state index contributed by atoms with van der Waals surface area (Å²) in [5, 5.41) is 23.7. The monoisotopic (exact) mass is 314 g/mol. The Hall–Kier alpha value is -2.63. The molecule has 0 amide bonds. The molecule has 0 aromatic carbocycles. The van der Waals surface area contributed by atoms with E-state index in [1.807, 2.05) is 6.08 Å². The van der Waals surface area contributed by atoms with Crippen LogP contribution in [0.3, 0.4) is 0 Å². The third-order valence-electron chi connectivity index (χ3n) is 1.38. The van der Waals surface area contributed by atoms with E-state index in [1.54, 1.807) is 0 Å². The fourth-order valence-corrected chi connectivity index (χ4v) is 0. The van der Waals surface area contributed by atoms with Crippen LogP contribution in [0.5, 0.6) is 0 Å². The number of hydrogen-bond acceptors (Lipinski definition) is 3. The third-order valence-corrected chi connectivity index (χ3v) is 1.38. The highest BCUT2D eigenvalue weighted by Crippen LogP contribution is 1.82. The molecular formula is C16H26O6. The van der Waals surface area contributed by atoms with Gasteiger partial charge in [0.25, 0.3) is 0 Å². The van der Waals surface area contributed by atoms with Crippen molar-refractivity contribution in [2.24, 2.45) is 0 Å². The summed E-state index contributed by atoms with van der Waals surface area (Å²) in [4.78, 5) is 28.8. The molecule has 0 aliphatic heterocycles. The molecule has 0 saturated heterocycles. The number of allylic oxidation sites excluding steroid dienone is 1. The van der Waals surface area contributed by atoms with E-state index in [0.29, 0.717) is 0 Å². The van der Waals surface area contributed by atoms with Gasteiger partial charge in [0, 0.05) is 16.7 Å². The number of hydrogen-bond donors (Lipinski definition) is 3. The zero-order valence-electron chi connectivity index (χ0n) is 13.7. The molecule has 0 heterocycles. The lowest BCUT2D eigenvalue weighted by molar-refractivity contribution is -0.133. The lowest BCUT2D eigenvalue weighted by atomic mass is 10.4. The average Bonchev–Trinajstić information content (AvgIpc) is 2.39. The van der Waals surface area contributed by atoms with Crippen LogP contribution in [0.1, 0.15) is 34.1 Å². The van der Waals surface area contributed by atoms with Gasteiger partial charge in [-0.1, -0.05) is 32.7 Å². The van der Waals surface area contributed by atoms with Crippen LogP contribution in [-0.4, -0.2) is 33.2 Å². The minimum Gasteiger partial charge on any atom is -0.478 e. The number of carbonyl (C=O) groups is 3. The predicted molar refractivity (Wildman–Crippen MR) is 87.8 cm³/mol. The van der Waals surface area contributed by atoms with Crippen molar-refractivity contribution in [3.05, 3.63) is 49.1 Å². The molecule has 0 spiro atoms. The van der Waals surface area contributed by atoms with Gasteiger partial charge in [-0.15, -0.1) is 6.58 Å². The second-order valence-electron chi connectivity index (χ2n) is 3.95. The van der Waals surface area contributed by atoms with Crippen LogP contribution >= 0.6 is 0 Å². The Morgan fingerprint density at radius 3 is 0.864 bits per heavy atom. The van der Waals surface area contributed by atoms with Crippen molar-refractivity contribution < 1.29 is 29.7 Å². The Balaban J connectivity index is -0.0000000994. The van der Waals surface area contributed by atoms with Gasteiger partial charge in [-0.3, -0.25) is 0 Å². The van der Waals surface area contributed by atoms with Crippen molar-refractivity contribution in [1.29, 1.82) is 0 Å². The molecule has 0 fully saturated rings. The minimum atomic E-state index is -0.935. The van der Waals surface area contributed by atoms with E-state index in [0.717, 1.165) is 6.42 Å². The molecule has 0 aromatic rings. The van der Waals surface area contributed by atoms with Gasteiger partial charge in [-0.2, -0.15) is 0 Å². The van der Waals surface area contributed by atoms with Crippen LogP contribution in [0, 0.1) is 0 Å². The predicted octanol–water partition coefficient (Wildman–Crippen LogP) is 3.52. The molecule has 0 unspecified atom stereocenters. The van der Waals surface area contributed by atoms with Gasteiger partial charge >= 0.3 is 17.9 Å². The average molecular weight is 314 g/mol. The summed E-state index contributed by atoms with van der Waals surface area (Å²) in [6.07, 6.45) is 2.96. The van der Waals surface area contributed by atoms with Gasteiger partial charge in [0.1, 0.15) is 0 Å². The highest BCUT2D eigenvalue weighted by atomic mass is 16.4. The Morgan fingerprint density at radius 1 is 0.773 bits per heavy atom. The molecule has 22 heavy (non-hydrogen) atoms. The molecular weight excluding hydrogens is 288 g/mol. The topological polar surface area (TPSA) is 112 Å². The molecule has 126 valence electrons. The summed E-state index contributed by atoms with van der Waals surface area (Å²) < 4.78 is 0. The van der Waals surface area contributed by atoms with Gasteiger partial charge in [0.2, 0.25) is 0 Å². The second-order valence-corrected chi connectivity index (χ2v) is 3.95. The molecule has 0 rings (SSSR count). The van der Waals surface area contributed by atoms with Crippen molar-refractivity contribution in [1.82, 2.24) is 0 Å². The van der Waals surface area contributed by atoms with Crippen LogP contribution in [0.4, 0.5) is 0 Å². The fourth-order valence-electron chi connectivity index (χ4n) is 0. The maximum Gasteiger partial charge on any atom is 0.330 e. The van der Waals surface area contributed by atoms with Gasteiger partial charge in [0.05, 0.1) is 0 Å². The number of rotatable bonds is 4. The smallest absolute Gasteiger partial charge is 0.330 e. The normalized spacial score (nSPS) is 7.27. The number of aliphatic carboxylic acids is 3. The lowest BCUT2D eigenvalue weighted by Crippen LogP contribution is -1.92. The Labute approximate surface area is 131 Å².